The van der Waals surface area contributed by atoms with E-state index in [0.29, 0.717) is 0 Å². The number of hydrogen-bond acceptors (Lipinski definition) is 3. The van der Waals surface area contributed by atoms with E-state index in [1.807, 2.05) is 23.1 Å². The highest BCUT2D eigenvalue weighted by Gasteiger charge is 2.16. The highest BCUT2D eigenvalue weighted by Crippen LogP contribution is 2.42. The third-order valence-electron chi connectivity index (χ3n) is 8.50. The van der Waals surface area contributed by atoms with Crippen LogP contribution in [-0.4, -0.2) is 4.57 Å². The Bertz CT molecular complexity index is 2340. The molecule has 0 amide bonds. The molecular weight excluding hydrogens is 573 g/mol. The van der Waals surface area contributed by atoms with Gasteiger partial charge in [0.05, 0.1) is 11.2 Å². The van der Waals surface area contributed by atoms with Crippen LogP contribution in [0.2, 0.25) is 0 Å². The van der Waals surface area contributed by atoms with Crippen molar-refractivity contribution in [3.8, 4) is 5.69 Å². The summed E-state index contributed by atoms with van der Waals surface area (Å²) in [6.45, 7) is 2.24. The van der Waals surface area contributed by atoms with Gasteiger partial charge in [0.2, 0.25) is 0 Å². The molecule has 212 valence electrons. The molecule has 0 atom stereocenters. The fraction of sp³-hybridized carbons (Fsp3) is 0.0500. The summed E-state index contributed by atoms with van der Waals surface area (Å²) < 4.78 is 4.93. The molecule has 4 heteroatoms. The quantitative estimate of drug-likeness (QED) is 0.152. The lowest BCUT2D eigenvalue weighted by Gasteiger charge is -2.12. The normalized spacial score (nSPS) is 11.9. The first kappa shape index (κ1) is 26.8. The predicted molar refractivity (Wildman–Crippen MR) is 194 cm³/mol. The molecule has 0 aliphatic rings. The van der Waals surface area contributed by atoms with Gasteiger partial charge in [0.15, 0.2) is 0 Å². The predicted octanol–water partition coefficient (Wildman–Crippen LogP) is 11.5. The van der Waals surface area contributed by atoms with Gasteiger partial charge in [0, 0.05) is 47.6 Å². The molecule has 0 unspecified atom stereocenters. The van der Waals surface area contributed by atoms with E-state index in [9.17, 15) is 0 Å². The van der Waals surface area contributed by atoms with E-state index >= 15 is 0 Å². The Morgan fingerprint density at radius 3 is 2.25 bits per heavy atom. The Labute approximate surface area is 265 Å². The van der Waals surface area contributed by atoms with Crippen LogP contribution < -0.4 is 5.73 Å². The van der Waals surface area contributed by atoms with Gasteiger partial charge in [0.25, 0.3) is 0 Å². The van der Waals surface area contributed by atoms with Crippen molar-refractivity contribution >= 4 is 82.8 Å². The van der Waals surface area contributed by atoms with Crippen LogP contribution in [0.25, 0.3) is 59.7 Å². The number of nitrogens with zero attached hydrogens (tertiary/aromatic N) is 1. The van der Waals surface area contributed by atoms with Gasteiger partial charge in [-0.05, 0) is 82.9 Å². The van der Waals surface area contributed by atoms with Crippen LogP contribution in [0.3, 0.4) is 0 Å². The van der Waals surface area contributed by atoms with Crippen LogP contribution in [0.5, 0.6) is 0 Å². The van der Waals surface area contributed by atoms with Gasteiger partial charge in [0.1, 0.15) is 0 Å². The Balaban J connectivity index is 1.15. The van der Waals surface area contributed by atoms with Crippen molar-refractivity contribution in [2.75, 3.05) is 5.73 Å². The molecule has 0 saturated carbocycles. The molecule has 0 aliphatic heterocycles. The molecule has 0 spiro atoms. The van der Waals surface area contributed by atoms with Gasteiger partial charge in [-0.15, -0.1) is 23.1 Å². The van der Waals surface area contributed by atoms with Gasteiger partial charge >= 0.3 is 0 Å². The molecule has 8 rings (SSSR count). The second-order valence-electron chi connectivity index (χ2n) is 11.2. The molecule has 0 fully saturated rings. The molecule has 8 aromatic rings. The van der Waals surface area contributed by atoms with Crippen molar-refractivity contribution < 1.29 is 0 Å². The molecule has 2 N–H and O–H groups in total. The summed E-state index contributed by atoms with van der Waals surface area (Å²) in [4.78, 5) is 1.14. The number of nitrogen functional groups attached to an aromatic ring is 1. The fourth-order valence-electron chi connectivity index (χ4n) is 6.22. The standard InChI is InChI=1S/C40H30N2S2/c1-26-33-23-29-11-5-6-12-30(29)24-35(33)42(34(26)20-17-27-9-3-2-4-10-27)31-18-15-28(16-19-31)25-43-38-22-21-37-39(40(38)41)32-13-7-8-14-36(32)44-37/h2-24H,25,41H2,1H3/b20-17-. The second-order valence-corrected chi connectivity index (χ2v) is 13.3. The van der Waals surface area contributed by atoms with Gasteiger partial charge < -0.3 is 10.3 Å². The molecule has 44 heavy (non-hydrogen) atoms. The van der Waals surface area contributed by atoms with Crippen molar-refractivity contribution in [1.82, 2.24) is 4.57 Å². The maximum Gasteiger partial charge on any atom is 0.0546 e. The lowest BCUT2D eigenvalue weighted by molar-refractivity contribution is 1.09. The number of anilines is 1. The molecule has 6 aromatic carbocycles. The van der Waals surface area contributed by atoms with Crippen molar-refractivity contribution in [3.63, 3.8) is 0 Å². The van der Waals surface area contributed by atoms with Crippen LogP contribution in [0.4, 0.5) is 5.69 Å². The first-order valence-corrected chi connectivity index (χ1v) is 16.6. The number of thioether (sulfide) groups is 1. The maximum atomic E-state index is 6.75. The Hall–Kier alpha value is -4.77. The smallest absolute Gasteiger partial charge is 0.0546 e. The molecule has 0 aliphatic carbocycles. The lowest BCUT2D eigenvalue weighted by atomic mass is 10.1. The summed E-state index contributed by atoms with van der Waals surface area (Å²) >= 11 is 3.62. The number of nitrogens with two attached hydrogens (primary N) is 1. The third kappa shape index (κ3) is 4.68. The average Bonchev–Trinajstić information content (AvgIpc) is 3.58. The van der Waals surface area contributed by atoms with Gasteiger partial charge in [-0.3, -0.25) is 0 Å². The molecule has 0 saturated heterocycles. The number of benzene rings is 6. The molecule has 0 bridgehead atoms. The summed E-state index contributed by atoms with van der Waals surface area (Å²) in [5.74, 6) is 0.856. The monoisotopic (exact) mass is 602 g/mol. The third-order valence-corrected chi connectivity index (χ3v) is 10.8. The highest BCUT2D eigenvalue weighted by molar-refractivity contribution is 7.98. The summed E-state index contributed by atoms with van der Waals surface area (Å²) in [6, 6.07) is 45.7. The van der Waals surface area contributed by atoms with Crippen LogP contribution in [-0.2, 0) is 5.75 Å². The largest absolute Gasteiger partial charge is 0.397 e. The number of aromatic nitrogens is 1. The zero-order valence-corrected chi connectivity index (χ0v) is 26.0. The van der Waals surface area contributed by atoms with Crippen LogP contribution >= 0.6 is 23.1 Å². The van der Waals surface area contributed by atoms with Crippen molar-refractivity contribution in [2.24, 2.45) is 0 Å². The zero-order chi connectivity index (χ0) is 29.6. The van der Waals surface area contributed by atoms with Crippen LogP contribution in [0.1, 0.15) is 22.4 Å². The molecule has 2 nitrogen and oxygen atoms in total. The SMILES string of the molecule is Cc1c(/C=C\c2ccccc2)n(-c2ccc(CSc3ccc4sc5ccccc5c4c3N)cc2)c2cc3ccccc3cc12. The summed E-state index contributed by atoms with van der Waals surface area (Å²) in [6.07, 6.45) is 4.46. The summed E-state index contributed by atoms with van der Waals surface area (Å²) in [7, 11) is 0. The van der Waals surface area contributed by atoms with Crippen molar-refractivity contribution in [2.45, 2.75) is 17.6 Å². The minimum absolute atomic E-state index is 0.856. The molecule has 2 aromatic heterocycles. The van der Waals surface area contributed by atoms with Crippen molar-refractivity contribution in [3.05, 3.63) is 150 Å². The first-order valence-electron chi connectivity index (χ1n) is 14.8. The number of thiophene rings is 1. The van der Waals surface area contributed by atoms with Gasteiger partial charge in [-0.25, -0.2) is 0 Å². The Morgan fingerprint density at radius 1 is 0.705 bits per heavy atom. The minimum Gasteiger partial charge on any atom is -0.397 e. The Morgan fingerprint density at radius 2 is 1.43 bits per heavy atom. The first-order chi connectivity index (χ1) is 21.6. The number of rotatable bonds is 6. The van der Waals surface area contributed by atoms with Gasteiger partial charge in [-0.1, -0.05) is 91.0 Å². The van der Waals surface area contributed by atoms with Gasteiger partial charge in [-0.2, -0.15) is 0 Å². The second kappa shape index (κ2) is 11.1. The number of fused-ring (bicyclic) bond motifs is 5. The molecule has 2 heterocycles. The maximum absolute atomic E-state index is 6.75. The van der Waals surface area contributed by atoms with Crippen LogP contribution in [0.15, 0.2) is 132 Å². The lowest BCUT2D eigenvalue weighted by Crippen LogP contribution is -1.97. The van der Waals surface area contributed by atoms with Crippen molar-refractivity contribution in [1.29, 1.82) is 0 Å². The van der Waals surface area contributed by atoms with E-state index < -0.39 is 0 Å². The van der Waals surface area contributed by atoms with E-state index in [0.717, 1.165) is 22.0 Å². The number of hydrogen-bond donors (Lipinski definition) is 1. The van der Waals surface area contributed by atoms with Crippen LogP contribution in [0, 0.1) is 6.92 Å². The van der Waals surface area contributed by atoms with E-state index in [2.05, 4.69) is 151 Å². The molecular formula is C40H30N2S2. The summed E-state index contributed by atoms with van der Waals surface area (Å²) in [5.41, 5.74) is 15.0. The fourth-order valence-corrected chi connectivity index (χ4v) is 8.28. The van der Waals surface area contributed by atoms with E-state index in [1.165, 1.54) is 64.2 Å². The highest BCUT2D eigenvalue weighted by atomic mass is 32.2. The molecule has 0 radical (unpaired) electrons. The van der Waals surface area contributed by atoms with E-state index in [4.69, 9.17) is 5.73 Å². The topological polar surface area (TPSA) is 30.9 Å². The zero-order valence-electron chi connectivity index (χ0n) is 24.3. The Kier molecular flexibility index (Phi) is 6.74. The van der Waals surface area contributed by atoms with E-state index in [1.54, 1.807) is 0 Å². The van der Waals surface area contributed by atoms with E-state index in [-0.39, 0.29) is 0 Å². The average molecular weight is 603 g/mol. The number of aryl methyl sites for hydroxylation is 1. The minimum atomic E-state index is 0.856. The summed E-state index contributed by atoms with van der Waals surface area (Å²) in [5, 5.41) is 6.22.